The van der Waals surface area contributed by atoms with Gasteiger partial charge in [0, 0.05) is 18.2 Å². The molecular formula is C15H24BrNO. The van der Waals surface area contributed by atoms with E-state index in [9.17, 15) is 5.11 Å². The molecule has 0 atom stereocenters. The van der Waals surface area contributed by atoms with Gasteiger partial charge in [-0.3, -0.25) is 4.90 Å². The van der Waals surface area contributed by atoms with E-state index >= 15 is 0 Å². The average molecular weight is 314 g/mol. The maximum Gasteiger partial charge on any atom is 0.134 e. The summed E-state index contributed by atoms with van der Waals surface area (Å²) in [6, 6.07) is 6.34. The van der Waals surface area contributed by atoms with Crippen LogP contribution in [0.5, 0.6) is 5.75 Å². The SMILES string of the molecule is CCCCCN(Cc1cccc(Br)c1O)C(C)C. The van der Waals surface area contributed by atoms with Crippen molar-refractivity contribution in [3.05, 3.63) is 28.2 Å². The second-order valence-corrected chi connectivity index (χ2v) is 5.87. The van der Waals surface area contributed by atoms with Gasteiger partial charge >= 0.3 is 0 Å². The summed E-state index contributed by atoms with van der Waals surface area (Å²) in [4.78, 5) is 2.41. The van der Waals surface area contributed by atoms with E-state index in [-0.39, 0.29) is 0 Å². The third-order valence-electron chi connectivity index (χ3n) is 3.22. The minimum Gasteiger partial charge on any atom is -0.506 e. The lowest BCUT2D eigenvalue weighted by Gasteiger charge is -2.27. The number of hydrogen-bond donors (Lipinski definition) is 1. The largest absolute Gasteiger partial charge is 0.506 e. The number of benzene rings is 1. The molecule has 102 valence electrons. The monoisotopic (exact) mass is 313 g/mol. The molecule has 0 heterocycles. The molecule has 0 spiro atoms. The third-order valence-corrected chi connectivity index (χ3v) is 3.86. The summed E-state index contributed by atoms with van der Waals surface area (Å²) in [6.07, 6.45) is 3.74. The van der Waals surface area contributed by atoms with Crippen LogP contribution < -0.4 is 0 Å². The number of aromatic hydroxyl groups is 1. The Labute approximate surface area is 119 Å². The highest BCUT2D eigenvalue weighted by molar-refractivity contribution is 9.10. The van der Waals surface area contributed by atoms with Gasteiger partial charge in [0.1, 0.15) is 5.75 Å². The van der Waals surface area contributed by atoms with Gasteiger partial charge in [0.15, 0.2) is 0 Å². The standard InChI is InChI=1S/C15H24BrNO/c1-4-5-6-10-17(12(2)3)11-13-8-7-9-14(16)15(13)18/h7-9,12,18H,4-6,10-11H2,1-3H3. The van der Waals surface area contributed by atoms with E-state index in [0.717, 1.165) is 23.1 Å². The summed E-state index contributed by atoms with van der Waals surface area (Å²) in [6.45, 7) is 8.55. The molecule has 0 saturated heterocycles. The van der Waals surface area contributed by atoms with Crippen LogP contribution in [0.25, 0.3) is 0 Å². The van der Waals surface area contributed by atoms with Crippen molar-refractivity contribution in [3.8, 4) is 5.75 Å². The molecule has 1 aromatic rings. The van der Waals surface area contributed by atoms with Crippen molar-refractivity contribution in [2.24, 2.45) is 0 Å². The molecular weight excluding hydrogens is 290 g/mol. The van der Waals surface area contributed by atoms with E-state index in [4.69, 9.17) is 0 Å². The summed E-state index contributed by atoms with van der Waals surface area (Å²) < 4.78 is 0.775. The molecule has 3 heteroatoms. The van der Waals surface area contributed by atoms with Gasteiger partial charge in [0.25, 0.3) is 0 Å². The Morgan fingerprint density at radius 1 is 1.28 bits per heavy atom. The summed E-state index contributed by atoms with van der Waals surface area (Å²) in [5.41, 5.74) is 0.995. The Morgan fingerprint density at radius 2 is 2.00 bits per heavy atom. The molecule has 1 rings (SSSR count). The first kappa shape index (κ1) is 15.5. The first-order valence-electron chi connectivity index (χ1n) is 6.76. The van der Waals surface area contributed by atoms with Gasteiger partial charge in [-0.2, -0.15) is 0 Å². The molecule has 0 aliphatic carbocycles. The minimum absolute atomic E-state index is 0.374. The molecule has 0 aliphatic heterocycles. The summed E-state index contributed by atoms with van der Waals surface area (Å²) >= 11 is 3.37. The van der Waals surface area contributed by atoms with Crippen molar-refractivity contribution in [2.45, 2.75) is 52.6 Å². The predicted octanol–water partition coefficient (Wildman–Crippen LogP) is 4.56. The number of rotatable bonds is 7. The molecule has 0 fully saturated rings. The molecule has 18 heavy (non-hydrogen) atoms. The number of hydrogen-bond acceptors (Lipinski definition) is 2. The third kappa shape index (κ3) is 4.62. The Kier molecular flexibility index (Phi) is 6.72. The summed E-state index contributed by atoms with van der Waals surface area (Å²) in [7, 11) is 0. The van der Waals surface area contributed by atoms with Crippen molar-refractivity contribution in [2.75, 3.05) is 6.54 Å². The van der Waals surface area contributed by atoms with Crippen molar-refractivity contribution >= 4 is 15.9 Å². The van der Waals surface area contributed by atoms with Crippen LogP contribution >= 0.6 is 15.9 Å². The van der Waals surface area contributed by atoms with Gasteiger partial charge in [0.2, 0.25) is 0 Å². The van der Waals surface area contributed by atoms with E-state index in [2.05, 4.69) is 41.6 Å². The molecule has 0 saturated carbocycles. The van der Waals surface area contributed by atoms with Crippen molar-refractivity contribution in [1.29, 1.82) is 0 Å². The quantitative estimate of drug-likeness (QED) is 0.746. The van der Waals surface area contributed by atoms with E-state index in [1.165, 1.54) is 19.3 Å². The van der Waals surface area contributed by atoms with Gasteiger partial charge in [-0.05, 0) is 48.8 Å². The van der Waals surface area contributed by atoms with Crippen LogP contribution in [-0.4, -0.2) is 22.6 Å². The molecule has 0 aromatic heterocycles. The zero-order valence-electron chi connectivity index (χ0n) is 11.6. The molecule has 0 bridgehead atoms. The predicted molar refractivity (Wildman–Crippen MR) is 80.9 cm³/mol. The number of para-hydroxylation sites is 1. The molecule has 0 unspecified atom stereocenters. The van der Waals surface area contributed by atoms with Crippen LogP contribution in [0.2, 0.25) is 0 Å². The zero-order chi connectivity index (χ0) is 13.5. The lowest BCUT2D eigenvalue weighted by Crippen LogP contribution is -2.31. The van der Waals surface area contributed by atoms with Gasteiger partial charge in [0.05, 0.1) is 4.47 Å². The molecule has 2 nitrogen and oxygen atoms in total. The Balaban J connectivity index is 2.68. The van der Waals surface area contributed by atoms with E-state index in [1.54, 1.807) is 0 Å². The van der Waals surface area contributed by atoms with Gasteiger partial charge in [-0.1, -0.05) is 31.9 Å². The second-order valence-electron chi connectivity index (χ2n) is 5.02. The first-order valence-corrected chi connectivity index (χ1v) is 7.56. The second kappa shape index (κ2) is 7.80. The van der Waals surface area contributed by atoms with Crippen LogP contribution in [0.3, 0.4) is 0 Å². The molecule has 1 N–H and O–H groups in total. The highest BCUT2D eigenvalue weighted by atomic mass is 79.9. The topological polar surface area (TPSA) is 23.5 Å². The van der Waals surface area contributed by atoms with Gasteiger partial charge in [-0.25, -0.2) is 0 Å². The Bertz CT molecular complexity index is 366. The molecule has 1 aromatic carbocycles. The summed E-state index contributed by atoms with van der Waals surface area (Å²) in [5, 5.41) is 10.0. The Hall–Kier alpha value is -0.540. The van der Waals surface area contributed by atoms with Crippen LogP contribution in [0, 0.1) is 0 Å². The fraction of sp³-hybridized carbons (Fsp3) is 0.600. The summed E-state index contributed by atoms with van der Waals surface area (Å²) in [5.74, 6) is 0.374. The van der Waals surface area contributed by atoms with Crippen molar-refractivity contribution in [1.82, 2.24) is 4.90 Å². The highest BCUT2D eigenvalue weighted by Crippen LogP contribution is 2.28. The number of unbranched alkanes of at least 4 members (excludes halogenated alkanes) is 2. The first-order chi connectivity index (χ1) is 8.56. The number of halogens is 1. The number of phenols is 1. The molecule has 0 amide bonds. The molecule has 0 radical (unpaired) electrons. The number of phenolic OH excluding ortho intramolecular Hbond substituents is 1. The van der Waals surface area contributed by atoms with Crippen LogP contribution in [0.4, 0.5) is 0 Å². The maximum absolute atomic E-state index is 10.0. The van der Waals surface area contributed by atoms with E-state index in [1.807, 2.05) is 18.2 Å². The van der Waals surface area contributed by atoms with Gasteiger partial charge < -0.3 is 5.11 Å². The smallest absolute Gasteiger partial charge is 0.134 e. The fourth-order valence-electron chi connectivity index (χ4n) is 1.99. The normalized spacial score (nSPS) is 11.4. The maximum atomic E-state index is 10.0. The average Bonchev–Trinajstić information content (AvgIpc) is 2.33. The van der Waals surface area contributed by atoms with Gasteiger partial charge in [-0.15, -0.1) is 0 Å². The zero-order valence-corrected chi connectivity index (χ0v) is 13.2. The number of nitrogens with zero attached hydrogens (tertiary/aromatic N) is 1. The highest BCUT2D eigenvalue weighted by Gasteiger charge is 2.13. The Morgan fingerprint density at radius 3 is 2.61 bits per heavy atom. The lowest BCUT2D eigenvalue weighted by atomic mass is 10.1. The molecule has 0 aliphatic rings. The minimum atomic E-state index is 0.374. The van der Waals surface area contributed by atoms with Crippen molar-refractivity contribution < 1.29 is 5.11 Å². The lowest BCUT2D eigenvalue weighted by molar-refractivity contribution is 0.206. The fourth-order valence-corrected chi connectivity index (χ4v) is 2.40. The van der Waals surface area contributed by atoms with Crippen LogP contribution in [-0.2, 0) is 6.54 Å². The van der Waals surface area contributed by atoms with Crippen LogP contribution in [0.15, 0.2) is 22.7 Å². The van der Waals surface area contributed by atoms with E-state index < -0.39 is 0 Å². The van der Waals surface area contributed by atoms with Crippen molar-refractivity contribution in [3.63, 3.8) is 0 Å². The van der Waals surface area contributed by atoms with Crippen LogP contribution in [0.1, 0.15) is 45.6 Å². The van der Waals surface area contributed by atoms with E-state index in [0.29, 0.717) is 11.8 Å².